The summed E-state index contributed by atoms with van der Waals surface area (Å²) in [7, 11) is 2.19. The number of nitrogens with one attached hydrogen (secondary N) is 1. The van der Waals surface area contributed by atoms with Crippen LogP contribution in [0.5, 0.6) is 0 Å². The zero-order valence-electron chi connectivity index (χ0n) is 12.5. The van der Waals surface area contributed by atoms with E-state index in [9.17, 15) is 0 Å². The molecule has 0 amide bonds. The normalized spacial score (nSPS) is 19.8. The van der Waals surface area contributed by atoms with Crippen molar-refractivity contribution < 1.29 is 0 Å². The quantitative estimate of drug-likeness (QED) is 0.876. The molecule has 1 aromatic carbocycles. The van der Waals surface area contributed by atoms with Gasteiger partial charge in [0.05, 0.1) is 0 Å². The fourth-order valence-corrected chi connectivity index (χ4v) is 2.63. The highest BCUT2D eigenvalue weighted by atomic mass is 15.5. The third kappa shape index (κ3) is 4.30. The maximum Gasteiger partial charge on any atom is 0.0259 e. The second-order valence-electron chi connectivity index (χ2n) is 5.91. The first kappa shape index (κ1) is 14.5. The van der Waals surface area contributed by atoms with Crippen molar-refractivity contribution in [1.82, 2.24) is 15.3 Å². The van der Waals surface area contributed by atoms with Gasteiger partial charge in [0.15, 0.2) is 0 Å². The fraction of sp³-hybridized carbons (Fsp3) is 0.625. The van der Waals surface area contributed by atoms with Gasteiger partial charge in [0, 0.05) is 38.6 Å². The summed E-state index contributed by atoms with van der Waals surface area (Å²) < 4.78 is 0. The maximum atomic E-state index is 3.63. The van der Waals surface area contributed by atoms with Crippen LogP contribution in [0.15, 0.2) is 30.3 Å². The molecule has 1 heterocycles. The average molecular weight is 261 g/mol. The van der Waals surface area contributed by atoms with Gasteiger partial charge in [0.2, 0.25) is 0 Å². The first-order chi connectivity index (χ1) is 9.16. The highest BCUT2D eigenvalue weighted by Crippen LogP contribution is 2.23. The third-order valence-corrected chi connectivity index (χ3v) is 4.07. The largest absolute Gasteiger partial charge is 0.304 e. The molecule has 0 aliphatic carbocycles. The molecule has 1 aromatic rings. The van der Waals surface area contributed by atoms with Gasteiger partial charge >= 0.3 is 0 Å². The van der Waals surface area contributed by atoms with Crippen LogP contribution in [-0.4, -0.2) is 49.7 Å². The van der Waals surface area contributed by atoms with E-state index >= 15 is 0 Å². The number of benzene rings is 1. The van der Waals surface area contributed by atoms with E-state index in [0.29, 0.717) is 11.8 Å². The van der Waals surface area contributed by atoms with Crippen LogP contribution in [0.2, 0.25) is 0 Å². The lowest BCUT2D eigenvalue weighted by molar-refractivity contribution is 0.0996. The van der Waals surface area contributed by atoms with Gasteiger partial charge in [-0.2, -0.15) is 0 Å². The Morgan fingerprint density at radius 3 is 2.26 bits per heavy atom. The van der Waals surface area contributed by atoms with Crippen LogP contribution in [0, 0.1) is 5.92 Å². The smallest absolute Gasteiger partial charge is 0.0259 e. The topological polar surface area (TPSA) is 18.5 Å². The van der Waals surface area contributed by atoms with Crippen molar-refractivity contribution in [2.45, 2.75) is 19.8 Å². The molecule has 0 bridgehead atoms. The summed E-state index contributed by atoms with van der Waals surface area (Å²) in [4.78, 5) is 2.38. The molecule has 1 N–H and O–H groups in total. The van der Waals surface area contributed by atoms with Crippen molar-refractivity contribution in [3.8, 4) is 0 Å². The lowest BCUT2D eigenvalue weighted by Gasteiger charge is -2.34. The lowest BCUT2D eigenvalue weighted by atomic mass is 9.88. The number of nitrogens with zero attached hydrogens (tertiary/aromatic N) is 2. The first-order valence-corrected chi connectivity index (χ1v) is 7.38. The first-order valence-electron chi connectivity index (χ1n) is 7.38. The SMILES string of the molecule is CC(C)C(CNN1CCN(C)CC1)c1ccccc1. The molecule has 0 spiro atoms. The van der Waals surface area contributed by atoms with Gasteiger partial charge in [-0.3, -0.25) is 5.43 Å². The molecule has 1 saturated heterocycles. The summed E-state index contributed by atoms with van der Waals surface area (Å²) in [5.41, 5.74) is 5.07. The predicted octanol–water partition coefficient (Wildman–Crippen LogP) is 2.18. The summed E-state index contributed by atoms with van der Waals surface area (Å²) >= 11 is 0. The standard InChI is InChI=1S/C16H27N3/c1-14(2)16(15-7-5-4-6-8-15)13-17-19-11-9-18(3)10-12-19/h4-8,14,16-17H,9-13H2,1-3H3. The molecule has 19 heavy (non-hydrogen) atoms. The van der Waals surface area contributed by atoms with Crippen molar-refractivity contribution in [2.24, 2.45) is 5.92 Å². The third-order valence-electron chi connectivity index (χ3n) is 4.07. The van der Waals surface area contributed by atoms with Gasteiger partial charge in [-0.05, 0) is 18.5 Å². The molecule has 0 radical (unpaired) electrons. The minimum atomic E-state index is 0.584. The highest BCUT2D eigenvalue weighted by molar-refractivity contribution is 5.20. The van der Waals surface area contributed by atoms with Crippen LogP contribution in [0.3, 0.4) is 0 Å². The Hall–Kier alpha value is -0.900. The Kier molecular flexibility index (Phi) is 5.37. The molecule has 2 rings (SSSR count). The predicted molar refractivity (Wildman–Crippen MR) is 81.1 cm³/mol. The van der Waals surface area contributed by atoms with Crippen LogP contribution in [0.4, 0.5) is 0 Å². The molecule has 1 unspecified atom stereocenters. The van der Waals surface area contributed by atoms with Gasteiger partial charge in [0.1, 0.15) is 0 Å². The summed E-state index contributed by atoms with van der Waals surface area (Å²) in [6.07, 6.45) is 0. The molecular formula is C16H27N3. The molecule has 1 atom stereocenters. The second kappa shape index (κ2) is 7.04. The van der Waals surface area contributed by atoms with E-state index < -0.39 is 0 Å². The van der Waals surface area contributed by atoms with Gasteiger partial charge in [-0.15, -0.1) is 0 Å². The Labute approximate surface area is 117 Å². The van der Waals surface area contributed by atoms with E-state index in [2.05, 4.69) is 66.6 Å². The summed E-state index contributed by atoms with van der Waals surface area (Å²) in [6.45, 7) is 10.2. The van der Waals surface area contributed by atoms with Gasteiger partial charge in [-0.1, -0.05) is 44.2 Å². The van der Waals surface area contributed by atoms with Crippen LogP contribution < -0.4 is 5.43 Å². The molecule has 1 aliphatic heterocycles. The monoisotopic (exact) mass is 261 g/mol. The summed E-state index contributed by atoms with van der Waals surface area (Å²) in [5, 5.41) is 2.37. The van der Waals surface area contributed by atoms with Gasteiger partial charge < -0.3 is 4.90 Å². The van der Waals surface area contributed by atoms with Gasteiger partial charge in [-0.25, -0.2) is 5.01 Å². The van der Waals surface area contributed by atoms with Crippen LogP contribution in [-0.2, 0) is 0 Å². The van der Waals surface area contributed by atoms with Crippen molar-refractivity contribution in [3.05, 3.63) is 35.9 Å². The van der Waals surface area contributed by atoms with Crippen molar-refractivity contribution in [3.63, 3.8) is 0 Å². The molecule has 1 aliphatic rings. The molecule has 0 saturated carbocycles. The van der Waals surface area contributed by atoms with E-state index in [-0.39, 0.29) is 0 Å². The molecule has 3 heteroatoms. The minimum absolute atomic E-state index is 0.584. The lowest BCUT2D eigenvalue weighted by Crippen LogP contribution is -2.51. The van der Waals surface area contributed by atoms with E-state index in [1.165, 1.54) is 5.56 Å². The summed E-state index contributed by atoms with van der Waals surface area (Å²) in [6, 6.07) is 10.9. The van der Waals surface area contributed by atoms with E-state index in [4.69, 9.17) is 0 Å². The summed E-state index contributed by atoms with van der Waals surface area (Å²) in [5.74, 6) is 1.24. The molecule has 0 aromatic heterocycles. The Morgan fingerprint density at radius 1 is 1.05 bits per heavy atom. The Bertz CT molecular complexity index is 356. The molecular weight excluding hydrogens is 234 g/mol. The number of hydrogen-bond acceptors (Lipinski definition) is 3. The zero-order valence-corrected chi connectivity index (χ0v) is 12.5. The number of rotatable bonds is 5. The van der Waals surface area contributed by atoms with Gasteiger partial charge in [0.25, 0.3) is 0 Å². The Balaban J connectivity index is 1.88. The van der Waals surface area contributed by atoms with Crippen molar-refractivity contribution >= 4 is 0 Å². The maximum absolute atomic E-state index is 3.63. The number of piperazine rings is 1. The molecule has 3 nitrogen and oxygen atoms in total. The van der Waals surface area contributed by atoms with Crippen molar-refractivity contribution in [2.75, 3.05) is 39.8 Å². The minimum Gasteiger partial charge on any atom is -0.304 e. The zero-order chi connectivity index (χ0) is 13.7. The average Bonchev–Trinajstić information content (AvgIpc) is 2.42. The highest BCUT2D eigenvalue weighted by Gasteiger charge is 2.18. The number of likely N-dealkylation sites (N-methyl/N-ethyl adjacent to an activating group) is 1. The van der Waals surface area contributed by atoms with Crippen molar-refractivity contribution in [1.29, 1.82) is 0 Å². The van der Waals surface area contributed by atoms with Crippen LogP contribution in [0.1, 0.15) is 25.3 Å². The van der Waals surface area contributed by atoms with E-state index in [0.717, 1.165) is 32.7 Å². The van der Waals surface area contributed by atoms with Crippen LogP contribution in [0.25, 0.3) is 0 Å². The number of hydrogen-bond donors (Lipinski definition) is 1. The van der Waals surface area contributed by atoms with Crippen LogP contribution >= 0.6 is 0 Å². The van der Waals surface area contributed by atoms with E-state index in [1.807, 2.05) is 0 Å². The fourth-order valence-electron chi connectivity index (χ4n) is 2.63. The molecule has 1 fully saturated rings. The number of hydrazine groups is 1. The second-order valence-corrected chi connectivity index (χ2v) is 5.91. The molecule has 106 valence electrons. The Morgan fingerprint density at radius 2 is 1.68 bits per heavy atom. The van der Waals surface area contributed by atoms with E-state index in [1.54, 1.807) is 0 Å².